The van der Waals surface area contributed by atoms with Gasteiger partial charge in [0, 0.05) is 19.0 Å². The number of aliphatic carboxylic acids is 1. The molecule has 0 aromatic heterocycles. The molecule has 0 saturated carbocycles. The van der Waals surface area contributed by atoms with E-state index >= 15 is 0 Å². The Labute approximate surface area is 135 Å². The molecule has 1 amide bonds. The summed E-state index contributed by atoms with van der Waals surface area (Å²) in [6, 6.07) is 7.38. The van der Waals surface area contributed by atoms with Crippen LogP contribution in [0, 0.1) is 5.92 Å². The molecule has 0 aliphatic carbocycles. The smallest absolute Gasteiger partial charge is 0.330 e. The molecule has 126 valence electrons. The summed E-state index contributed by atoms with van der Waals surface area (Å²) < 4.78 is 24.3. The molecule has 2 N–H and O–H groups in total. The minimum absolute atomic E-state index is 0.278. The summed E-state index contributed by atoms with van der Waals surface area (Å²) in [5.41, 5.74) is 0.502. The van der Waals surface area contributed by atoms with Gasteiger partial charge in [-0.1, -0.05) is 30.3 Å². The molecule has 1 fully saturated rings. The molecule has 1 aliphatic heterocycles. The second kappa shape index (κ2) is 7.10. The molecule has 1 aromatic rings. The molecule has 8 heteroatoms. The Morgan fingerprint density at radius 1 is 1.22 bits per heavy atom. The van der Waals surface area contributed by atoms with Gasteiger partial charge < -0.3 is 10.4 Å². The number of hydrogen-bond donors (Lipinski definition) is 2. The number of carboxylic acids is 1. The maximum Gasteiger partial charge on any atom is 0.330 e. The fourth-order valence-corrected chi connectivity index (χ4v) is 3.52. The summed E-state index contributed by atoms with van der Waals surface area (Å²) in [4.78, 5) is 23.7. The standard InChI is InChI=1S/C15H20N2O5S/c1-23(21,22)17-9-7-12(8-10-17)14(18)16-13(15(19)20)11-5-3-2-4-6-11/h2-6,12-13H,7-10H2,1H3,(H,16,18)(H,19,20)/t13-/m0/s1. The predicted octanol–water partition coefficient (Wildman–Crippen LogP) is 0.600. The van der Waals surface area contributed by atoms with Crippen molar-refractivity contribution in [1.82, 2.24) is 9.62 Å². The second-order valence-corrected chi connectivity index (χ2v) is 7.61. The minimum atomic E-state index is -3.25. The second-order valence-electron chi connectivity index (χ2n) is 5.63. The lowest BCUT2D eigenvalue weighted by Crippen LogP contribution is -2.44. The molecule has 1 aromatic carbocycles. The molecular formula is C15H20N2O5S. The highest BCUT2D eigenvalue weighted by atomic mass is 32.2. The highest BCUT2D eigenvalue weighted by Crippen LogP contribution is 2.21. The van der Waals surface area contributed by atoms with E-state index in [9.17, 15) is 23.1 Å². The number of carbonyl (C=O) groups is 2. The highest BCUT2D eigenvalue weighted by molar-refractivity contribution is 7.88. The molecular weight excluding hydrogens is 320 g/mol. The first-order chi connectivity index (χ1) is 10.8. The third-order valence-electron chi connectivity index (χ3n) is 3.96. The first-order valence-electron chi connectivity index (χ1n) is 7.32. The number of amides is 1. The molecule has 0 radical (unpaired) electrons. The van der Waals surface area contributed by atoms with Gasteiger partial charge in [0.1, 0.15) is 0 Å². The van der Waals surface area contributed by atoms with Crippen LogP contribution in [0.2, 0.25) is 0 Å². The van der Waals surface area contributed by atoms with E-state index in [2.05, 4.69) is 5.32 Å². The molecule has 1 atom stereocenters. The normalized spacial score (nSPS) is 18.3. The lowest BCUT2D eigenvalue weighted by atomic mass is 9.96. The summed E-state index contributed by atoms with van der Waals surface area (Å²) in [5, 5.41) is 11.9. The predicted molar refractivity (Wildman–Crippen MR) is 84.1 cm³/mol. The van der Waals surface area contributed by atoms with E-state index in [4.69, 9.17) is 0 Å². The zero-order valence-corrected chi connectivity index (χ0v) is 13.6. The van der Waals surface area contributed by atoms with Crippen molar-refractivity contribution in [1.29, 1.82) is 0 Å². The Hall–Kier alpha value is -1.93. The number of hydrogen-bond acceptors (Lipinski definition) is 4. The van der Waals surface area contributed by atoms with Crippen LogP contribution in [0.4, 0.5) is 0 Å². The van der Waals surface area contributed by atoms with Crippen LogP contribution in [0.25, 0.3) is 0 Å². The number of sulfonamides is 1. The summed E-state index contributed by atoms with van der Waals surface area (Å²) in [5.74, 6) is -1.86. The van der Waals surface area contributed by atoms with Crippen LogP contribution < -0.4 is 5.32 Å². The van der Waals surface area contributed by atoms with Crippen molar-refractivity contribution in [2.45, 2.75) is 18.9 Å². The SMILES string of the molecule is CS(=O)(=O)N1CCC(C(=O)N[C@H](C(=O)O)c2ccccc2)CC1. The Kier molecular flexibility index (Phi) is 5.38. The molecule has 23 heavy (non-hydrogen) atoms. The zero-order valence-electron chi connectivity index (χ0n) is 12.8. The van der Waals surface area contributed by atoms with E-state index < -0.39 is 22.0 Å². The molecule has 0 bridgehead atoms. The largest absolute Gasteiger partial charge is 0.479 e. The molecule has 7 nitrogen and oxygen atoms in total. The molecule has 0 spiro atoms. The van der Waals surface area contributed by atoms with Gasteiger partial charge in [-0.2, -0.15) is 0 Å². The third-order valence-corrected chi connectivity index (χ3v) is 5.26. The number of rotatable bonds is 5. The van der Waals surface area contributed by atoms with Crippen molar-refractivity contribution >= 4 is 21.9 Å². The fourth-order valence-electron chi connectivity index (χ4n) is 2.64. The van der Waals surface area contributed by atoms with Gasteiger partial charge in [-0.25, -0.2) is 17.5 Å². The van der Waals surface area contributed by atoms with E-state index in [0.717, 1.165) is 6.26 Å². The molecule has 1 saturated heterocycles. The van der Waals surface area contributed by atoms with Gasteiger partial charge in [-0.15, -0.1) is 0 Å². The summed E-state index contributed by atoms with van der Waals surface area (Å²) >= 11 is 0. The third kappa shape index (κ3) is 4.52. The van der Waals surface area contributed by atoms with Gasteiger partial charge in [0.25, 0.3) is 0 Å². The lowest BCUT2D eigenvalue weighted by Gasteiger charge is -2.30. The number of carboxylic acid groups (broad SMARTS) is 1. The van der Waals surface area contributed by atoms with Crippen molar-refractivity contribution in [2.75, 3.05) is 19.3 Å². The van der Waals surface area contributed by atoms with Crippen LogP contribution >= 0.6 is 0 Å². The van der Waals surface area contributed by atoms with Crippen molar-refractivity contribution in [3.63, 3.8) is 0 Å². The molecule has 1 aliphatic rings. The van der Waals surface area contributed by atoms with Crippen molar-refractivity contribution in [3.05, 3.63) is 35.9 Å². The number of piperidine rings is 1. The van der Waals surface area contributed by atoms with Gasteiger partial charge in [-0.3, -0.25) is 4.79 Å². The number of nitrogens with zero attached hydrogens (tertiary/aromatic N) is 1. The van der Waals surface area contributed by atoms with Crippen LogP contribution in [-0.2, 0) is 19.6 Å². The first kappa shape index (κ1) is 17.4. The Bertz CT molecular complexity index is 666. The van der Waals surface area contributed by atoms with Crippen LogP contribution in [0.5, 0.6) is 0 Å². The van der Waals surface area contributed by atoms with E-state index in [1.54, 1.807) is 30.3 Å². The highest BCUT2D eigenvalue weighted by Gasteiger charge is 2.31. The quantitative estimate of drug-likeness (QED) is 0.817. The van der Waals surface area contributed by atoms with Crippen LogP contribution in [0.1, 0.15) is 24.4 Å². The molecule has 1 heterocycles. The fraction of sp³-hybridized carbons (Fsp3) is 0.467. The van der Waals surface area contributed by atoms with Gasteiger partial charge in [0.2, 0.25) is 15.9 Å². The summed E-state index contributed by atoms with van der Waals surface area (Å²) in [7, 11) is -3.25. The van der Waals surface area contributed by atoms with E-state index in [1.807, 2.05) is 0 Å². The minimum Gasteiger partial charge on any atom is -0.479 e. The van der Waals surface area contributed by atoms with Crippen molar-refractivity contribution in [2.24, 2.45) is 5.92 Å². The van der Waals surface area contributed by atoms with E-state index in [-0.39, 0.29) is 24.9 Å². The average Bonchev–Trinajstić information content (AvgIpc) is 2.52. The lowest BCUT2D eigenvalue weighted by molar-refractivity contribution is -0.142. The monoisotopic (exact) mass is 340 g/mol. The van der Waals surface area contributed by atoms with Gasteiger partial charge in [0.05, 0.1) is 6.26 Å². The van der Waals surface area contributed by atoms with E-state index in [0.29, 0.717) is 18.4 Å². The van der Waals surface area contributed by atoms with Gasteiger partial charge in [-0.05, 0) is 18.4 Å². The Morgan fingerprint density at radius 2 is 1.78 bits per heavy atom. The average molecular weight is 340 g/mol. The Balaban J connectivity index is 2.00. The van der Waals surface area contributed by atoms with Crippen molar-refractivity contribution in [3.8, 4) is 0 Å². The maximum atomic E-state index is 12.3. The summed E-state index contributed by atoms with van der Waals surface area (Å²) in [6.07, 6.45) is 1.92. The number of benzene rings is 1. The van der Waals surface area contributed by atoms with Gasteiger partial charge in [0.15, 0.2) is 6.04 Å². The molecule has 2 rings (SSSR count). The first-order valence-corrected chi connectivity index (χ1v) is 9.17. The van der Waals surface area contributed by atoms with Crippen LogP contribution in [0.15, 0.2) is 30.3 Å². The number of nitrogens with one attached hydrogen (secondary N) is 1. The van der Waals surface area contributed by atoms with Gasteiger partial charge >= 0.3 is 5.97 Å². The van der Waals surface area contributed by atoms with Crippen molar-refractivity contribution < 1.29 is 23.1 Å². The van der Waals surface area contributed by atoms with E-state index in [1.165, 1.54) is 4.31 Å². The topological polar surface area (TPSA) is 104 Å². The van der Waals surface area contributed by atoms with Crippen LogP contribution in [-0.4, -0.2) is 49.1 Å². The zero-order chi connectivity index (χ0) is 17.0. The Morgan fingerprint density at radius 3 is 2.26 bits per heavy atom. The molecule has 0 unspecified atom stereocenters. The maximum absolute atomic E-state index is 12.3. The summed E-state index contributed by atoms with van der Waals surface area (Å²) in [6.45, 7) is 0.556. The van der Waals surface area contributed by atoms with Crippen LogP contribution in [0.3, 0.4) is 0 Å². The number of carbonyl (C=O) groups excluding carboxylic acids is 1.